The molecule has 1 fully saturated rings. The van der Waals surface area contributed by atoms with Crippen LogP contribution in [-0.4, -0.2) is 34.5 Å². The summed E-state index contributed by atoms with van der Waals surface area (Å²) >= 11 is 0. The molecule has 1 N–H and O–H groups in total. The fourth-order valence-electron chi connectivity index (χ4n) is 2.86. The van der Waals surface area contributed by atoms with E-state index in [-0.39, 0.29) is 22.9 Å². The number of hydrogen-bond donors (Lipinski definition) is 1. The SMILES string of the molecule is CC(C)(C)C1CCCN1C(=O)c1cccc(C(=O)O)c1. The van der Waals surface area contributed by atoms with Crippen LogP contribution in [-0.2, 0) is 0 Å². The van der Waals surface area contributed by atoms with E-state index in [1.807, 2.05) is 4.90 Å². The molecule has 20 heavy (non-hydrogen) atoms. The van der Waals surface area contributed by atoms with Crippen LogP contribution in [0.15, 0.2) is 24.3 Å². The number of carboxylic acid groups (broad SMARTS) is 1. The molecule has 1 saturated heterocycles. The Balaban J connectivity index is 2.27. The van der Waals surface area contributed by atoms with E-state index in [0.29, 0.717) is 5.56 Å². The van der Waals surface area contributed by atoms with Gasteiger partial charge in [0.25, 0.3) is 5.91 Å². The van der Waals surface area contributed by atoms with Gasteiger partial charge in [0.1, 0.15) is 0 Å². The summed E-state index contributed by atoms with van der Waals surface area (Å²) in [7, 11) is 0. The lowest BCUT2D eigenvalue weighted by atomic mass is 9.85. The van der Waals surface area contributed by atoms with Gasteiger partial charge in [0, 0.05) is 18.2 Å². The van der Waals surface area contributed by atoms with Crippen LogP contribution in [0.2, 0.25) is 0 Å². The van der Waals surface area contributed by atoms with Crippen molar-refractivity contribution in [1.82, 2.24) is 4.90 Å². The highest BCUT2D eigenvalue weighted by atomic mass is 16.4. The van der Waals surface area contributed by atoms with Crippen LogP contribution in [0.5, 0.6) is 0 Å². The van der Waals surface area contributed by atoms with Crippen molar-refractivity contribution in [2.75, 3.05) is 6.54 Å². The van der Waals surface area contributed by atoms with Crippen molar-refractivity contribution >= 4 is 11.9 Å². The highest BCUT2D eigenvalue weighted by molar-refractivity contribution is 5.97. The zero-order valence-electron chi connectivity index (χ0n) is 12.2. The molecule has 1 aromatic rings. The first-order valence-corrected chi connectivity index (χ1v) is 6.95. The molecule has 0 spiro atoms. The maximum atomic E-state index is 12.6. The molecule has 0 aromatic heterocycles. The largest absolute Gasteiger partial charge is 0.478 e. The summed E-state index contributed by atoms with van der Waals surface area (Å²) in [6.07, 6.45) is 2.01. The number of amides is 1. The molecule has 2 rings (SSSR count). The standard InChI is InChI=1S/C16H21NO3/c1-16(2,3)13-8-5-9-17(13)14(18)11-6-4-7-12(10-11)15(19)20/h4,6-7,10,13H,5,8-9H2,1-3H3,(H,19,20). The maximum absolute atomic E-state index is 12.6. The minimum absolute atomic E-state index is 0.0383. The predicted molar refractivity (Wildman–Crippen MR) is 76.9 cm³/mol. The third-order valence-corrected chi connectivity index (χ3v) is 3.87. The van der Waals surface area contributed by atoms with Crippen LogP contribution in [0.4, 0.5) is 0 Å². The fourth-order valence-corrected chi connectivity index (χ4v) is 2.86. The van der Waals surface area contributed by atoms with Crippen molar-refractivity contribution in [2.45, 2.75) is 39.7 Å². The average molecular weight is 275 g/mol. The molecule has 4 nitrogen and oxygen atoms in total. The zero-order chi connectivity index (χ0) is 14.9. The van der Waals surface area contributed by atoms with Crippen LogP contribution in [0, 0.1) is 5.41 Å². The quantitative estimate of drug-likeness (QED) is 0.902. The first-order valence-electron chi connectivity index (χ1n) is 6.95. The van der Waals surface area contributed by atoms with Gasteiger partial charge < -0.3 is 10.0 Å². The molecule has 4 heteroatoms. The van der Waals surface area contributed by atoms with Gasteiger partial charge in [-0.1, -0.05) is 26.8 Å². The molecule has 1 heterocycles. The van der Waals surface area contributed by atoms with Gasteiger partial charge in [-0.25, -0.2) is 4.79 Å². The highest BCUT2D eigenvalue weighted by Gasteiger charge is 2.37. The third kappa shape index (κ3) is 2.84. The maximum Gasteiger partial charge on any atom is 0.335 e. The second-order valence-corrected chi connectivity index (χ2v) is 6.41. The molecule has 1 aromatic carbocycles. The molecule has 108 valence electrons. The molecule has 1 amide bonds. The lowest BCUT2D eigenvalue weighted by Gasteiger charge is -2.35. The Morgan fingerprint density at radius 3 is 2.50 bits per heavy atom. The summed E-state index contributed by atoms with van der Waals surface area (Å²) in [5.41, 5.74) is 0.653. The number of aromatic carboxylic acids is 1. The molecule has 0 saturated carbocycles. The van der Waals surface area contributed by atoms with Gasteiger partial charge in [0.15, 0.2) is 0 Å². The molecule has 1 aliphatic heterocycles. The minimum Gasteiger partial charge on any atom is -0.478 e. The molecule has 1 unspecified atom stereocenters. The van der Waals surface area contributed by atoms with Crippen molar-refractivity contribution in [2.24, 2.45) is 5.41 Å². The van der Waals surface area contributed by atoms with Gasteiger partial charge >= 0.3 is 5.97 Å². The molecular weight excluding hydrogens is 254 g/mol. The summed E-state index contributed by atoms with van der Waals surface area (Å²) in [5.74, 6) is -1.07. The van der Waals surface area contributed by atoms with Crippen LogP contribution in [0.25, 0.3) is 0 Å². The Morgan fingerprint density at radius 1 is 1.25 bits per heavy atom. The number of hydrogen-bond acceptors (Lipinski definition) is 2. The number of benzene rings is 1. The summed E-state index contributed by atoms with van der Waals surface area (Å²) < 4.78 is 0. The van der Waals surface area contributed by atoms with Gasteiger partial charge in [0.2, 0.25) is 0 Å². The average Bonchev–Trinajstić information content (AvgIpc) is 2.87. The Hall–Kier alpha value is -1.84. The molecule has 1 atom stereocenters. The first-order chi connectivity index (χ1) is 9.30. The summed E-state index contributed by atoms with van der Waals surface area (Å²) in [5, 5.41) is 9.01. The van der Waals surface area contributed by atoms with E-state index >= 15 is 0 Å². The highest BCUT2D eigenvalue weighted by Crippen LogP contribution is 2.33. The van der Waals surface area contributed by atoms with Gasteiger partial charge in [-0.05, 0) is 36.5 Å². The van der Waals surface area contributed by atoms with E-state index in [9.17, 15) is 9.59 Å². The number of nitrogens with zero attached hydrogens (tertiary/aromatic N) is 1. The lowest BCUT2D eigenvalue weighted by molar-refractivity contribution is 0.0626. The normalized spacial score (nSPS) is 19.1. The van der Waals surface area contributed by atoms with Crippen molar-refractivity contribution in [3.05, 3.63) is 35.4 Å². The summed E-state index contributed by atoms with van der Waals surface area (Å²) in [4.78, 5) is 25.5. The van der Waals surface area contributed by atoms with Crippen LogP contribution in [0.3, 0.4) is 0 Å². The third-order valence-electron chi connectivity index (χ3n) is 3.87. The number of carbonyl (C=O) groups is 2. The Kier molecular flexibility index (Phi) is 3.84. The van der Waals surface area contributed by atoms with Gasteiger partial charge in [-0.3, -0.25) is 4.79 Å². The second kappa shape index (κ2) is 5.27. The molecule has 0 bridgehead atoms. The Morgan fingerprint density at radius 2 is 1.90 bits per heavy atom. The number of likely N-dealkylation sites (tertiary alicyclic amines) is 1. The van der Waals surface area contributed by atoms with Crippen molar-refractivity contribution < 1.29 is 14.7 Å². The van der Waals surface area contributed by atoms with Gasteiger partial charge in [-0.15, -0.1) is 0 Å². The summed E-state index contributed by atoms with van der Waals surface area (Å²) in [6, 6.07) is 6.49. The minimum atomic E-state index is -1.01. The van der Waals surface area contributed by atoms with E-state index in [2.05, 4.69) is 20.8 Å². The monoisotopic (exact) mass is 275 g/mol. The van der Waals surface area contributed by atoms with E-state index in [1.54, 1.807) is 12.1 Å². The van der Waals surface area contributed by atoms with Crippen LogP contribution in [0.1, 0.15) is 54.3 Å². The molecule has 1 aliphatic rings. The van der Waals surface area contributed by atoms with E-state index in [0.717, 1.165) is 19.4 Å². The molecule has 0 radical (unpaired) electrons. The first kappa shape index (κ1) is 14.6. The Bertz CT molecular complexity index is 531. The van der Waals surface area contributed by atoms with E-state index in [1.165, 1.54) is 12.1 Å². The van der Waals surface area contributed by atoms with Crippen molar-refractivity contribution in [3.63, 3.8) is 0 Å². The van der Waals surface area contributed by atoms with Crippen LogP contribution >= 0.6 is 0 Å². The van der Waals surface area contributed by atoms with Crippen LogP contribution < -0.4 is 0 Å². The van der Waals surface area contributed by atoms with E-state index in [4.69, 9.17) is 5.11 Å². The molecule has 0 aliphatic carbocycles. The topological polar surface area (TPSA) is 57.6 Å². The predicted octanol–water partition coefficient (Wildman–Crippen LogP) is 3.04. The molecular formula is C16H21NO3. The van der Waals surface area contributed by atoms with Gasteiger partial charge in [0.05, 0.1) is 5.56 Å². The zero-order valence-corrected chi connectivity index (χ0v) is 12.2. The fraction of sp³-hybridized carbons (Fsp3) is 0.500. The lowest BCUT2D eigenvalue weighted by Crippen LogP contribution is -2.43. The smallest absolute Gasteiger partial charge is 0.335 e. The number of rotatable bonds is 2. The number of carbonyl (C=O) groups excluding carboxylic acids is 1. The summed E-state index contributed by atoms with van der Waals surface area (Å²) in [6.45, 7) is 7.16. The van der Waals surface area contributed by atoms with E-state index < -0.39 is 5.97 Å². The van der Waals surface area contributed by atoms with Gasteiger partial charge in [-0.2, -0.15) is 0 Å². The second-order valence-electron chi connectivity index (χ2n) is 6.41. The Labute approximate surface area is 119 Å². The number of carboxylic acids is 1. The van der Waals surface area contributed by atoms with Crippen molar-refractivity contribution in [1.29, 1.82) is 0 Å². The van der Waals surface area contributed by atoms with Crippen molar-refractivity contribution in [3.8, 4) is 0 Å².